The number of ether oxygens (including phenoxy) is 1. The van der Waals surface area contributed by atoms with E-state index in [1.807, 2.05) is 0 Å². The van der Waals surface area contributed by atoms with Gasteiger partial charge in [-0.05, 0) is 66.9 Å². The average Bonchev–Trinajstić information content (AvgIpc) is 3.30. The average molecular weight is 363 g/mol. The van der Waals surface area contributed by atoms with Crippen LogP contribution in [-0.4, -0.2) is 45.8 Å². The van der Waals surface area contributed by atoms with Crippen LogP contribution in [0.15, 0.2) is 23.3 Å². The van der Waals surface area contributed by atoms with Gasteiger partial charge in [0.05, 0.1) is 6.61 Å². The first-order chi connectivity index (χ1) is 12.2. The van der Waals surface area contributed by atoms with Crippen molar-refractivity contribution in [2.75, 3.05) is 6.61 Å². The molecule has 2 fully saturated rings. The summed E-state index contributed by atoms with van der Waals surface area (Å²) in [6.45, 7) is 9.25. The van der Waals surface area contributed by atoms with Crippen LogP contribution in [0.3, 0.4) is 0 Å². The molecule has 0 aromatic rings. The summed E-state index contributed by atoms with van der Waals surface area (Å²) in [6, 6.07) is 0. The van der Waals surface area contributed by atoms with E-state index in [1.54, 1.807) is 6.08 Å². The summed E-state index contributed by atoms with van der Waals surface area (Å²) < 4.78 is 5.96. The molecule has 4 aliphatic rings. The molecule has 0 aromatic heterocycles. The fourth-order valence-corrected chi connectivity index (χ4v) is 6.69. The molecule has 146 valence electrons. The normalized spacial score (nSPS) is 49.6. The predicted molar refractivity (Wildman–Crippen MR) is 100 cm³/mol. The van der Waals surface area contributed by atoms with Gasteiger partial charge in [0.1, 0.15) is 23.9 Å². The Hall–Kier alpha value is -0.680. The van der Waals surface area contributed by atoms with Gasteiger partial charge in [0.2, 0.25) is 0 Å². The van der Waals surface area contributed by atoms with Gasteiger partial charge in [0.15, 0.2) is 0 Å². The van der Waals surface area contributed by atoms with Crippen LogP contribution in [0.2, 0.25) is 0 Å². The number of allylic oxidation sites excluding steroid dienone is 2. The molecule has 4 rings (SSSR count). The topological polar surface area (TPSA) is 73.2 Å². The molecule has 4 nitrogen and oxygen atoms in total. The molecule has 4 heteroatoms. The van der Waals surface area contributed by atoms with E-state index in [0.717, 1.165) is 12.8 Å². The third-order valence-corrected chi connectivity index (χ3v) is 8.31. The molecule has 1 heterocycles. The minimum Gasteiger partial charge on any atom is -0.392 e. The Morgan fingerprint density at radius 3 is 2.62 bits per heavy atom. The van der Waals surface area contributed by atoms with E-state index in [2.05, 4.69) is 33.8 Å². The lowest BCUT2D eigenvalue weighted by molar-refractivity contribution is -0.0506. The van der Waals surface area contributed by atoms with Gasteiger partial charge in [-0.25, -0.2) is 0 Å². The molecule has 1 saturated carbocycles. The van der Waals surface area contributed by atoms with Crippen molar-refractivity contribution >= 4 is 0 Å². The number of fused-ring (bicyclic) bond motifs is 2. The maximum atomic E-state index is 10.7. The first-order valence-corrected chi connectivity index (χ1v) is 10.2. The lowest BCUT2D eigenvalue weighted by Gasteiger charge is -2.57. The molecule has 1 saturated heterocycles. The van der Waals surface area contributed by atoms with Gasteiger partial charge in [-0.3, -0.25) is 0 Å². The number of hydrogen-bond acceptors (Lipinski definition) is 4. The van der Waals surface area contributed by atoms with Gasteiger partial charge in [-0.1, -0.05) is 38.8 Å². The van der Waals surface area contributed by atoms with Crippen LogP contribution in [0.1, 0.15) is 59.8 Å². The third kappa shape index (κ3) is 2.49. The number of epoxide rings is 1. The van der Waals surface area contributed by atoms with E-state index in [-0.39, 0.29) is 12.0 Å². The van der Waals surface area contributed by atoms with Crippen molar-refractivity contribution in [3.63, 3.8) is 0 Å². The Bertz CT molecular complexity index is 651. The molecular formula is C22H34O4. The summed E-state index contributed by atoms with van der Waals surface area (Å²) in [6.07, 6.45) is 7.70. The number of aliphatic hydroxyl groups excluding tert-OH is 3. The zero-order chi connectivity index (χ0) is 18.9. The Kier molecular flexibility index (Phi) is 4.24. The fraction of sp³-hybridized carbons (Fsp3) is 0.818. The van der Waals surface area contributed by atoms with E-state index in [1.165, 1.54) is 24.8 Å². The summed E-state index contributed by atoms with van der Waals surface area (Å²) in [5.74, 6) is 0.997. The monoisotopic (exact) mass is 362 g/mol. The largest absolute Gasteiger partial charge is 0.392 e. The second kappa shape index (κ2) is 5.91. The molecule has 0 bridgehead atoms. The van der Waals surface area contributed by atoms with E-state index in [9.17, 15) is 15.3 Å². The van der Waals surface area contributed by atoms with Gasteiger partial charge in [-0.15, -0.1) is 0 Å². The maximum absolute atomic E-state index is 10.7. The molecule has 7 atom stereocenters. The summed E-state index contributed by atoms with van der Waals surface area (Å²) in [4.78, 5) is 0. The van der Waals surface area contributed by atoms with Crippen molar-refractivity contribution in [1.29, 1.82) is 0 Å². The molecule has 3 N–H and O–H groups in total. The van der Waals surface area contributed by atoms with Gasteiger partial charge < -0.3 is 20.1 Å². The third-order valence-electron chi connectivity index (χ3n) is 8.31. The highest BCUT2D eigenvalue weighted by molar-refractivity contribution is 5.33. The summed E-state index contributed by atoms with van der Waals surface area (Å²) in [5, 5.41) is 30.6. The summed E-state index contributed by atoms with van der Waals surface area (Å²) >= 11 is 0. The Labute approximate surface area is 156 Å². The molecule has 1 aliphatic heterocycles. The molecule has 3 aliphatic carbocycles. The van der Waals surface area contributed by atoms with Crippen molar-refractivity contribution in [3.8, 4) is 0 Å². The standard InChI is InChI=1S/C22H34O4/c1-13-6-7-16-20(2,3)8-5-9-21(16,4)15(13)11-22-17(24)10-14(12-23)18(25)19(22)26-22/h6,10,15-19,23-25H,5,7-9,11-12H2,1-4H3/t15-,16-,17+,18+,19+,21+,22-/m0/s1. The van der Waals surface area contributed by atoms with Crippen LogP contribution < -0.4 is 0 Å². The highest BCUT2D eigenvalue weighted by Gasteiger charge is 2.68. The van der Waals surface area contributed by atoms with Gasteiger partial charge in [0, 0.05) is 0 Å². The fourth-order valence-electron chi connectivity index (χ4n) is 6.69. The van der Waals surface area contributed by atoms with Crippen molar-refractivity contribution in [2.45, 2.75) is 83.7 Å². The van der Waals surface area contributed by atoms with Crippen molar-refractivity contribution < 1.29 is 20.1 Å². The van der Waals surface area contributed by atoms with E-state index in [4.69, 9.17) is 4.74 Å². The second-order valence-corrected chi connectivity index (χ2v) is 10.1. The van der Waals surface area contributed by atoms with Crippen LogP contribution in [-0.2, 0) is 4.74 Å². The lowest BCUT2D eigenvalue weighted by atomic mass is 9.47. The van der Waals surface area contributed by atoms with Crippen LogP contribution >= 0.6 is 0 Å². The van der Waals surface area contributed by atoms with Crippen LogP contribution in [0.4, 0.5) is 0 Å². The van der Waals surface area contributed by atoms with E-state index < -0.39 is 23.9 Å². The molecule has 0 radical (unpaired) electrons. The first kappa shape index (κ1) is 18.7. The SMILES string of the molecule is CC1=CC[C@H]2C(C)(C)CCC[C@]2(C)[C@H]1C[C@@]12O[C@@H]1[C@H](O)C(CO)=C[C@H]2O. The van der Waals surface area contributed by atoms with Crippen molar-refractivity contribution in [3.05, 3.63) is 23.3 Å². The zero-order valence-electron chi connectivity index (χ0n) is 16.5. The Morgan fingerprint density at radius 1 is 1.19 bits per heavy atom. The number of aliphatic hydroxyl groups is 3. The Balaban J connectivity index is 1.65. The first-order valence-electron chi connectivity index (χ1n) is 10.2. The molecule has 0 amide bonds. The highest BCUT2D eigenvalue weighted by Crippen LogP contribution is 2.63. The van der Waals surface area contributed by atoms with Crippen LogP contribution in [0.5, 0.6) is 0 Å². The Morgan fingerprint density at radius 2 is 1.92 bits per heavy atom. The quantitative estimate of drug-likeness (QED) is 0.533. The smallest absolute Gasteiger partial charge is 0.128 e. The van der Waals surface area contributed by atoms with Gasteiger partial charge >= 0.3 is 0 Å². The molecule has 0 aromatic carbocycles. The van der Waals surface area contributed by atoms with Gasteiger partial charge in [0.25, 0.3) is 0 Å². The minimum atomic E-state index is -0.803. The van der Waals surface area contributed by atoms with Crippen molar-refractivity contribution in [1.82, 2.24) is 0 Å². The molecule has 0 spiro atoms. The maximum Gasteiger partial charge on any atom is 0.128 e. The van der Waals surface area contributed by atoms with Crippen LogP contribution in [0, 0.1) is 22.7 Å². The summed E-state index contributed by atoms with van der Waals surface area (Å²) in [5.41, 5.74) is 1.73. The van der Waals surface area contributed by atoms with E-state index >= 15 is 0 Å². The zero-order valence-corrected chi connectivity index (χ0v) is 16.5. The molecular weight excluding hydrogens is 328 g/mol. The summed E-state index contributed by atoms with van der Waals surface area (Å²) in [7, 11) is 0. The highest BCUT2D eigenvalue weighted by atomic mass is 16.6. The van der Waals surface area contributed by atoms with E-state index in [0.29, 0.717) is 22.8 Å². The minimum absolute atomic E-state index is 0.206. The van der Waals surface area contributed by atoms with Gasteiger partial charge in [-0.2, -0.15) is 0 Å². The second-order valence-electron chi connectivity index (χ2n) is 10.1. The van der Waals surface area contributed by atoms with Crippen LogP contribution in [0.25, 0.3) is 0 Å². The van der Waals surface area contributed by atoms with Crippen molar-refractivity contribution in [2.24, 2.45) is 22.7 Å². The predicted octanol–water partition coefficient (Wildman–Crippen LogP) is 2.97. The number of hydrogen-bond donors (Lipinski definition) is 3. The molecule has 0 unspecified atom stereocenters. The molecule has 26 heavy (non-hydrogen) atoms. The number of rotatable bonds is 3. The lowest BCUT2D eigenvalue weighted by Crippen LogP contribution is -2.51.